The number of rotatable bonds is 8. The summed E-state index contributed by atoms with van der Waals surface area (Å²) in [7, 11) is 0. The summed E-state index contributed by atoms with van der Waals surface area (Å²) in [4.78, 5) is 23.1. The standard InChI is InChI=1S/C17H26N2O2/c1-13(9-10-14-7-5-4-6-8-14)11-15(20)19-12-17(2,3)16(18)21/h4-8,13H,9-12H2,1-3H3,(H2,18,21)(H,19,20)/t13-/m1/s1. The van der Waals surface area contributed by atoms with Gasteiger partial charge in [0.25, 0.3) is 0 Å². The van der Waals surface area contributed by atoms with E-state index >= 15 is 0 Å². The lowest BCUT2D eigenvalue weighted by atomic mass is 9.92. The van der Waals surface area contributed by atoms with E-state index in [-0.39, 0.29) is 12.5 Å². The van der Waals surface area contributed by atoms with Gasteiger partial charge in [-0.15, -0.1) is 0 Å². The first-order valence-electron chi connectivity index (χ1n) is 7.42. The lowest BCUT2D eigenvalue weighted by Crippen LogP contribution is -2.42. The normalized spacial score (nSPS) is 12.7. The lowest BCUT2D eigenvalue weighted by Gasteiger charge is -2.21. The highest BCUT2D eigenvalue weighted by Crippen LogP contribution is 2.14. The Morgan fingerprint density at radius 2 is 1.86 bits per heavy atom. The van der Waals surface area contributed by atoms with E-state index < -0.39 is 11.3 Å². The van der Waals surface area contributed by atoms with Gasteiger partial charge in [0.1, 0.15) is 0 Å². The van der Waals surface area contributed by atoms with Crippen molar-refractivity contribution in [2.75, 3.05) is 6.54 Å². The Morgan fingerprint density at radius 3 is 2.43 bits per heavy atom. The van der Waals surface area contributed by atoms with Gasteiger partial charge in [0.15, 0.2) is 0 Å². The monoisotopic (exact) mass is 290 g/mol. The largest absolute Gasteiger partial charge is 0.369 e. The van der Waals surface area contributed by atoms with E-state index in [1.54, 1.807) is 13.8 Å². The Bertz CT molecular complexity index is 469. The van der Waals surface area contributed by atoms with Crippen LogP contribution < -0.4 is 11.1 Å². The highest BCUT2D eigenvalue weighted by Gasteiger charge is 2.25. The average molecular weight is 290 g/mol. The molecule has 4 nitrogen and oxygen atoms in total. The molecule has 1 aromatic carbocycles. The second-order valence-corrected chi connectivity index (χ2v) is 6.36. The number of nitrogens with two attached hydrogens (primary N) is 1. The van der Waals surface area contributed by atoms with Gasteiger partial charge < -0.3 is 11.1 Å². The zero-order valence-electron chi connectivity index (χ0n) is 13.2. The number of primary amides is 1. The third-order valence-corrected chi connectivity index (χ3v) is 3.70. The summed E-state index contributed by atoms with van der Waals surface area (Å²) < 4.78 is 0. The maximum absolute atomic E-state index is 11.9. The van der Waals surface area contributed by atoms with Crippen molar-refractivity contribution in [1.82, 2.24) is 5.32 Å². The van der Waals surface area contributed by atoms with Crippen LogP contribution in [0.1, 0.15) is 39.2 Å². The number of hydrogen-bond acceptors (Lipinski definition) is 2. The minimum absolute atomic E-state index is 0.0233. The maximum atomic E-state index is 11.9. The van der Waals surface area contributed by atoms with Crippen LogP contribution in [0.5, 0.6) is 0 Å². The van der Waals surface area contributed by atoms with Crippen LogP contribution >= 0.6 is 0 Å². The molecule has 2 amide bonds. The summed E-state index contributed by atoms with van der Waals surface area (Å²) in [6.45, 7) is 5.82. The van der Waals surface area contributed by atoms with Gasteiger partial charge in [-0.25, -0.2) is 0 Å². The number of hydrogen-bond donors (Lipinski definition) is 2. The summed E-state index contributed by atoms with van der Waals surface area (Å²) in [6, 6.07) is 10.3. The summed E-state index contributed by atoms with van der Waals surface area (Å²) >= 11 is 0. The minimum Gasteiger partial charge on any atom is -0.369 e. The van der Waals surface area contributed by atoms with Gasteiger partial charge in [-0.3, -0.25) is 9.59 Å². The van der Waals surface area contributed by atoms with E-state index in [0.29, 0.717) is 12.3 Å². The van der Waals surface area contributed by atoms with Crippen molar-refractivity contribution < 1.29 is 9.59 Å². The van der Waals surface area contributed by atoms with E-state index in [4.69, 9.17) is 5.73 Å². The van der Waals surface area contributed by atoms with Gasteiger partial charge in [0.2, 0.25) is 11.8 Å². The summed E-state index contributed by atoms with van der Waals surface area (Å²) in [5.41, 5.74) is 5.87. The van der Waals surface area contributed by atoms with Gasteiger partial charge in [-0.2, -0.15) is 0 Å². The Balaban J connectivity index is 2.29. The summed E-state index contributed by atoms with van der Waals surface area (Å²) in [6.07, 6.45) is 2.42. The molecule has 0 aliphatic rings. The second-order valence-electron chi connectivity index (χ2n) is 6.36. The van der Waals surface area contributed by atoms with Gasteiger partial charge in [-0.05, 0) is 38.2 Å². The van der Waals surface area contributed by atoms with Crippen molar-refractivity contribution in [2.45, 2.75) is 40.0 Å². The maximum Gasteiger partial charge on any atom is 0.224 e. The molecule has 4 heteroatoms. The van der Waals surface area contributed by atoms with E-state index in [1.807, 2.05) is 18.2 Å². The molecule has 0 heterocycles. The van der Waals surface area contributed by atoms with E-state index in [2.05, 4.69) is 24.4 Å². The van der Waals surface area contributed by atoms with Crippen LogP contribution in [-0.4, -0.2) is 18.4 Å². The van der Waals surface area contributed by atoms with Crippen molar-refractivity contribution in [3.05, 3.63) is 35.9 Å². The summed E-state index contributed by atoms with van der Waals surface area (Å²) in [5, 5.41) is 2.79. The first kappa shape index (κ1) is 17.2. The zero-order chi connectivity index (χ0) is 15.9. The molecule has 0 fully saturated rings. The second kappa shape index (κ2) is 7.81. The molecule has 0 aromatic heterocycles. The molecule has 116 valence electrons. The molecule has 0 radical (unpaired) electrons. The number of carbonyl (C=O) groups excluding carboxylic acids is 2. The summed E-state index contributed by atoms with van der Waals surface area (Å²) in [5.74, 6) is -0.119. The third-order valence-electron chi connectivity index (χ3n) is 3.70. The smallest absolute Gasteiger partial charge is 0.224 e. The van der Waals surface area contributed by atoms with Crippen LogP contribution in [0.4, 0.5) is 0 Å². The predicted octanol–water partition coefficient (Wildman–Crippen LogP) is 2.27. The van der Waals surface area contributed by atoms with Crippen LogP contribution in [0, 0.1) is 11.3 Å². The SMILES string of the molecule is C[C@H](CCc1ccccc1)CC(=O)NCC(C)(C)C(N)=O. The molecule has 1 rings (SSSR count). The molecule has 0 spiro atoms. The molecular formula is C17H26N2O2. The fourth-order valence-electron chi connectivity index (χ4n) is 1.96. The van der Waals surface area contributed by atoms with Crippen molar-refractivity contribution in [2.24, 2.45) is 17.1 Å². The lowest BCUT2D eigenvalue weighted by molar-refractivity contribution is -0.127. The molecule has 1 atom stereocenters. The fourth-order valence-corrected chi connectivity index (χ4v) is 1.96. The quantitative estimate of drug-likeness (QED) is 0.771. The number of benzene rings is 1. The Kier molecular flexibility index (Phi) is 6.40. The van der Waals surface area contributed by atoms with Crippen LogP contribution in [0.3, 0.4) is 0 Å². The van der Waals surface area contributed by atoms with Gasteiger partial charge in [-0.1, -0.05) is 37.3 Å². The Labute approximate surface area is 127 Å². The predicted molar refractivity (Wildman–Crippen MR) is 84.5 cm³/mol. The van der Waals surface area contributed by atoms with Crippen molar-refractivity contribution in [3.8, 4) is 0 Å². The molecule has 0 aliphatic carbocycles. The van der Waals surface area contributed by atoms with Crippen LogP contribution in [0.15, 0.2) is 30.3 Å². The Hall–Kier alpha value is -1.84. The van der Waals surface area contributed by atoms with E-state index in [9.17, 15) is 9.59 Å². The van der Waals surface area contributed by atoms with Crippen LogP contribution in [0.25, 0.3) is 0 Å². The molecule has 21 heavy (non-hydrogen) atoms. The average Bonchev–Trinajstić information content (AvgIpc) is 2.44. The van der Waals surface area contributed by atoms with Gasteiger partial charge in [0, 0.05) is 13.0 Å². The molecule has 0 unspecified atom stereocenters. The third kappa shape index (κ3) is 6.43. The highest BCUT2D eigenvalue weighted by molar-refractivity contribution is 5.82. The van der Waals surface area contributed by atoms with Crippen LogP contribution in [0.2, 0.25) is 0 Å². The van der Waals surface area contributed by atoms with Crippen molar-refractivity contribution in [1.29, 1.82) is 0 Å². The molecule has 0 saturated heterocycles. The number of carbonyl (C=O) groups is 2. The van der Waals surface area contributed by atoms with Gasteiger partial charge >= 0.3 is 0 Å². The van der Waals surface area contributed by atoms with Crippen molar-refractivity contribution in [3.63, 3.8) is 0 Å². The zero-order valence-corrected chi connectivity index (χ0v) is 13.2. The molecular weight excluding hydrogens is 264 g/mol. The molecule has 0 saturated carbocycles. The highest BCUT2D eigenvalue weighted by atomic mass is 16.2. The molecule has 0 bridgehead atoms. The van der Waals surface area contributed by atoms with Crippen molar-refractivity contribution >= 4 is 11.8 Å². The van der Waals surface area contributed by atoms with Gasteiger partial charge in [0.05, 0.1) is 5.41 Å². The Morgan fingerprint density at radius 1 is 1.24 bits per heavy atom. The fraction of sp³-hybridized carbons (Fsp3) is 0.529. The number of aryl methyl sites for hydroxylation is 1. The topological polar surface area (TPSA) is 72.2 Å². The van der Waals surface area contributed by atoms with E-state index in [1.165, 1.54) is 5.56 Å². The first-order valence-corrected chi connectivity index (χ1v) is 7.42. The number of amides is 2. The van der Waals surface area contributed by atoms with Crippen LogP contribution in [-0.2, 0) is 16.0 Å². The minimum atomic E-state index is -0.705. The molecule has 3 N–H and O–H groups in total. The molecule has 1 aromatic rings. The first-order chi connectivity index (χ1) is 9.81. The van der Waals surface area contributed by atoms with E-state index in [0.717, 1.165) is 12.8 Å². The number of nitrogens with one attached hydrogen (secondary N) is 1. The molecule has 0 aliphatic heterocycles.